The molecule has 8 heteroatoms. The molecule has 0 bridgehead atoms. The smallest absolute Gasteiger partial charge is 0.257 e. The normalized spacial score (nSPS) is 16.5. The van der Waals surface area contributed by atoms with Crippen molar-refractivity contribution >= 4 is 39.3 Å². The van der Waals surface area contributed by atoms with Gasteiger partial charge in [-0.15, -0.1) is 0 Å². The van der Waals surface area contributed by atoms with Gasteiger partial charge in [0.1, 0.15) is 6.04 Å². The van der Waals surface area contributed by atoms with Gasteiger partial charge in [-0.25, -0.2) is 4.90 Å². The van der Waals surface area contributed by atoms with Crippen molar-refractivity contribution in [1.29, 1.82) is 0 Å². The van der Waals surface area contributed by atoms with Crippen molar-refractivity contribution in [2.45, 2.75) is 38.8 Å². The molecule has 1 saturated heterocycles. The number of carbonyl (C=O) groups is 3. The van der Waals surface area contributed by atoms with Crippen molar-refractivity contribution in [2.75, 3.05) is 19.1 Å². The monoisotopic (exact) mass is 488 g/mol. The summed E-state index contributed by atoms with van der Waals surface area (Å²) in [4.78, 5) is 42.2. The predicted octanol–water partition coefficient (Wildman–Crippen LogP) is 4.04. The molecule has 3 amide bonds. The zero-order valence-corrected chi connectivity index (χ0v) is 19.7. The summed E-state index contributed by atoms with van der Waals surface area (Å²) >= 11 is 3.35. The zero-order valence-electron chi connectivity index (χ0n) is 18.1. The quantitative estimate of drug-likeness (QED) is 0.593. The van der Waals surface area contributed by atoms with Gasteiger partial charge in [-0.05, 0) is 63.2 Å². The van der Waals surface area contributed by atoms with Crippen LogP contribution >= 0.6 is 15.9 Å². The highest BCUT2D eigenvalue weighted by Crippen LogP contribution is 2.33. The van der Waals surface area contributed by atoms with Crippen molar-refractivity contribution in [2.24, 2.45) is 0 Å². The van der Waals surface area contributed by atoms with E-state index < -0.39 is 17.5 Å². The number of anilines is 1. The van der Waals surface area contributed by atoms with Crippen LogP contribution in [0.2, 0.25) is 0 Å². The van der Waals surface area contributed by atoms with E-state index in [9.17, 15) is 14.4 Å². The van der Waals surface area contributed by atoms with E-state index in [-0.39, 0.29) is 18.2 Å². The number of hydrogen-bond acceptors (Lipinski definition) is 5. The van der Waals surface area contributed by atoms with E-state index in [1.54, 1.807) is 42.5 Å². The van der Waals surface area contributed by atoms with Crippen molar-refractivity contribution in [3.05, 3.63) is 52.5 Å². The first-order valence-corrected chi connectivity index (χ1v) is 10.6. The third-order valence-corrected chi connectivity index (χ3v) is 5.62. The Bertz CT molecular complexity index is 1010. The lowest BCUT2D eigenvalue weighted by Crippen LogP contribution is -2.54. The molecule has 0 saturated carbocycles. The molecule has 0 aliphatic carbocycles. The number of nitrogens with zero attached hydrogens (tertiary/aromatic N) is 2. The lowest BCUT2D eigenvalue weighted by atomic mass is 9.99. The summed E-state index contributed by atoms with van der Waals surface area (Å²) in [6.45, 7) is 5.52. The summed E-state index contributed by atoms with van der Waals surface area (Å²) in [5, 5.41) is 0. The van der Waals surface area contributed by atoms with Crippen LogP contribution in [0.5, 0.6) is 11.5 Å². The molecular formula is C23H25BrN2O5. The minimum Gasteiger partial charge on any atom is -0.493 e. The zero-order chi connectivity index (χ0) is 22.9. The Balaban J connectivity index is 1.98. The second-order valence-corrected chi connectivity index (χ2v) is 9.10. The topological polar surface area (TPSA) is 76.2 Å². The number of halogens is 1. The molecule has 1 fully saturated rings. The number of rotatable bonds is 5. The molecule has 0 spiro atoms. The molecule has 1 atom stereocenters. The van der Waals surface area contributed by atoms with Crippen LogP contribution in [-0.4, -0.2) is 48.4 Å². The maximum Gasteiger partial charge on any atom is 0.257 e. The fourth-order valence-corrected chi connectivity index (χ4v) is 3.97. The maximum atomic E-state index is 13.5. The molecule has 0 N–H and O–H groups in total. The van der Waals surface area contributed by atoms with Gasteiger partial charge in [0, 0.05) is 15.6 Å². The van der Waals surface area contributed by atoms with Crippen LogP contribution in [0, 0.1) is 0 Å². The Labute approximate surface area is 190 Å². The number of methoxy groups -OCH3 is 2. The molecule has 2 aromatic carbocycles. The van der Waals surface area contributed by atoms with Crippen LogP contribution < -0.4 is 14.4 Å². The number of imide groups is 1. The van der Waals surface area contributed by atoms with Crippen LogP contribution in [0.25, 0.3) is 0 Å². The van der Waals surface area contributed by atoms with Gasteiger partial charge in [0.05, 0.1) is 26.3 Å². The van der Waals surface area contributed by atoms with Gasteiger partial charge in [-0.3, -0.25) is 14.4 Å². The van der Waals surface area contributed by atoms with Crippen molar-refractivity contribution in [3.8, 4) is 11.5 Å². The van der Waals surface area contributed by atoms with Gasteiger partial charge >= 0.3 is 0 Å². The number of hydrogen-bond donors (Lipinski definition) is 0. The van der Waals surface area contributed by atoms with E-state index in [4.69, 9.17) is 9.47 Å². The number of ether oxygens (including phenoxy) is 2. The van der Waals surface area contributed by atoms with E-state index in [0.717, 1.165) is 9.37 Å². The minimum absolute atomic E-state index is 0.0782. The molecule has 3 rings (SSSR count). The first-order chi connectivity index (χ1) is 14.6. The van der Waals surface area contributed by atoms with E-state index in [2.05, 4.69) is 15.9 Å². The van der Waals surface area contributed by atoms with Gasteiger partial charge in [-0.2, -0.15) is 0 Å². The second-order valence-electron chi connectivity index (χ2n) is 8.18. The average Bonchev–Trinajstić information content (AvgIpc) is 3.00. The van der Waals surface area contributed by atoms with Crippen molar-refractivity contribution in [3.63, 3.8) is 0 Å². The first-order valence-electron chi connectivity index (χ1n) is 9.76. The summed E-state index contributed by atoms with van der Waals surface area (Å²) < 4.78 is 11.4. The van der Waals surface area contributed by atoms with Gasteiger partial charge in [0.25, 0.3) is 11.8 Å². The third kappa shape index (κ3) is 4.44. The molecule has 1 unspecified atom stereocenters. The first kappa shape index (κ1) is 22.8. The van der Waals surface area contributed by atoms with Gasteiger partial charge < -0.3 is 14.4 Å². The Morgan fingerprint density at radius 2 is 1.65 bits per heavy atom. The fraction of sp³-hybridized carbons (Fsp3) is 0.348. The summed E-state index contributed by atoms with van der Waals surface area (Å²) in [7, 11) is 3.00. The summed E-state index contributed by atoms with van der Waals surface area (Å²) in [6.07, 6.45) is -0.0782. The van der Waals surface area contributed by atoms with Crippen LogP contribution in [0.4, 0.5) is 5.69 Å². The molecule has 0 aromatic heterocycles. The van der Waals surface area contributed by atoms with Crippen LogP contribution in [-0.2, 0) is 9.59 Å². The van der Waals surface area contributed by atoms with Gasteiger partial charge in [0.15, 0.2) is 11.5 Å². The van der Waals surface area contributed by atoms with Gasteiger partial charge in [-0.1, -0.05) is 15.9 Å². The minimum atomic E-state index is -0.906. The molecule has 1 heterocycles. The molecule has 31 heavy (non-hydrogen) atoms. The largest absolute Gasteiger partial charge is 0.493 e. The Morgan fingerprint density at radius 1 is 1.03 bits per heavy atom. The van der Waals surface area contributed by atoms with E-state index in [1.807, 2.05) is 20.8 Å². The van der Waals surface area contributed by atoms with Crippen molar-refractivity contribution < 1.29 is 23.9 Å². The fourth-order valence-electron chi connectivity index (χ4n) is 3.70. The van der Waals surface area contributed by atoms with E-state index in [1.165, 1.54) is 19.1 Å². The Hall–Kier alpha value is -2.87. The summed E-state index contributed by atoms with van der Waals surface area (Å²) in [6, 6.07) is 10.8. The Kier molecular flexibility index (Phi) is 6.40. The van der Waals surface area contributed by atoms with Crippen LogP contribution in [0.3, 0.4) is 0 Å². The lowest BCUT2D eigenvalue weighted by molar-refractivity contribution is -0.123. The maximum absolute atomic E-state index is 13.5. The second kappa shape index (κ2) is 8.70. The molecule has 0 radical (unpaired) electrons. The molecule has 2 aromatic rings. The SMILES string of the molecule is COc1ccc(C(=O)N(C2CC(=O)N(c3ccc(Br)cc3)C2=O)C(C)(C)C)cc1OC. The molecule has 164 valence electrons. The Morgan fingerprint density at radius 3 is 2.19 bits per heavy atom. The van der Waals surface area contributed by atoms with E-state index in [0.29, 0.717) is 22.7 Å². The molecule has 1 aliphatic rings. The van der Waals surface area contributed by atoms with Crippen LogP contribution in [0.15, 0.2) is 46.9 Å². The summed E-state index contributed by atoms with van der Waals surface area (Å²) in [5.41, 5.74) is 0.115. The highest BCUT2D eigenvalue weighted by molar-refractivity contribution is 9.10. The molecule has 1 aliphatic heterocycles. The highest BCUT2D eigenvalue weighted by atomic mass is 79.9. The number of benzene rings is 2. The highest BCUT2D eigenvalue weighted by Gasteiger charge is 2.47. The van der Waals surface area contributed by atoms with E-state index >= 15 is 0 Å². The predicted molar refractivity (Wildman–Crippen MR) is 121 cm³/mol. The lowest BCUT2D eigenvalue weighted by Gasteiger charge is -2.39. The number of carbonyl (C=O) groups excluding carboxylic acids is 3. The van der Waals surface area contributed by atoms with Crippen molar-refractivity contribution in [1.82, 2.24) is 4.90 Å². The molecular weight excluding hydrogens is 464 g/mol. The molecule has 7 nitrogen and oxygen atoms in total. The average molecular weight is 489 g/mol. The van der Waals surface area contributed by atoms with Crippen LogP contribution in [0.1, 0.15) is 37.6 Å². The van der Waals surface area contributed by atoms with Gasteiger partial charge in [0.2, 0.25) is 5.91 Å². The summed E-state index contributed by atoms with van der Waals surface area (Å²) in [5.74, 6) is -0.220. The number of amides is 3. The third-order valence-electron chi connectivity index (χ3n) is 5.09. The standard InChI is InChI=1S/C23H25BrN2O5/c1-23(2,3)26(21(28)14-6-11-18(30-4)19(12-14)31-5)17-13-20(27)25(22(17)29)16-9-7-15(24)8-10-16/h6-12,17H,13H2,1-5H3.